The van der Waals surface area contributed by atoms with Crippen molar-refractivity contribution in [3.63, 3.8) is 0 Å². The van der Waals surface area contributed by atoms with Crippen molar-refractivity contribution in [1.29, 1.82) is 0 Å². The van der Waals surface area contributed by atoms with Crippen molar-refractivity contribution in [2.45, 2.75) is 92.5 Å². The van der Waals surface area contributed by atoms with E-state index in [-0.39, 0.29) is 17.8 Å². The third kappa shape index (κ3) is 5.83. The number of aryl methyl sites for hydroxylation is 1. The Kier molecular flexibility index (Phi) is 8.61. The maximum atomic E-state index is 13.8. The van der Waals surface area contributed by atoms with Crippen LogP contribution in [0.4, 0.5) is 10.1 Å². The molecule has 0 saturated carbocycles. The van der Waals surface area contributed by atoms with Gasteiger partial charge in [-0.05, 0) is 49.9 Å². The maximum Gasteiger partial charge on any atom is 0.232 e. The number of carbonyl (C=O) groups excluding carboxylic acids is 1. The molecule has 0 fully saturated rings. The molecule has 0 aliphatic heterocycles. The summed E-state index contributed by atoms with van der Waals surface area (Å²) < 4.78 is 13.8. The Morgan fingerprint density at radius 1 is 1.12 bits per heavy atom. The minimum atomic E-state index is -0.418. The molecule has 0 aliphatic rings. The lowest BCUT2D eigenvalue weighted by molar-refractivity contribution is -0.127. The Morgan fingerprint density at radius 3 is 2.12 bits per heavy atom. The van der Waals surface area contributed by atoms with Gasteiger partial charge in [0, 0.05) is 17.1 Å². The largest absolute Gasteiger partial charge is 0.309 e. The zero-order valence-corrected chi connectivity index (χ0v) is 17.0. The molecule has 0 aliphatic carbocycles. The third-order valence-corrected chi connectivity index (χ3v) is 5.25. The average molecular weight is 350 g/mol. The van der Waals surface area contributed by atoms with E-state index in [4.69, 9.17) is 0 Å². The van der Waals surface area contributed by atoms with Crippen LogP contribution < -0.4 is 4.90 Å². The molecule has 25 heavy (non-hydrogen) atoms. The van der Waals surface area contributed by atoms with Crippen LogP contribution >= 0.6 is 0 Å². The molecule has 1 aromatic rings. The number of carbonyl (C=O) groups is 1. The second-order valence-electron chi connectivity index (χ2n) is 7.78. The summed E-state index contributed by atoms with van der Waals surface area (Å²) in [5.41, 5.74) is 1.01. The fourth-order valence-corrected chi connectivity index (χ4v) is 3.03. The van der Waals surface area contributed by atoms with Crippen molar-refractivity contribution < 1.29 is 9.18 Å². The van der Waals surface area contributed by atoms with Crippen molar-refractivity contribution >= 4 is 11.6 Å². The molecule has 0 unspecified atom stereocenters. The van der Waals surface area contributed by atoms with Gasteiger partial charge in [0.1, 0.15) is 5.82 Å². The van der Waals surface area contributed by atoms with E-state index >= 15 is 0 Å². The van der Waals surface area contributed by atoms with E-state index in [0.717, 1.165) is 50.6 Å². The Balaban J connectivity index is 3.31. The molecule has 1 aromatic carbocycles. The lowest BCUT2D eigenvalue weighted by atomic mass is 9.86. The number of nitrogens with zero attached hydrogens (tertiary/aromatic N) is 1. The summed E-state index contributed by atoms with van der Waals surface area (Å²) >= 11 is 0. The molecule has 0 heterocycles. The molecule has 1 amide bonds. The zero-order valence-electron chi connectivity index (χ0n) is 17.0. The highest BCUT2D eigenvalue weighted by Gasteiger charge is 2.35. The first-order valence-corrected chi connectivity index (χ1v) is 9.88. The van der Waals surface area contributed by atoms with E-state index in [1.807, 2.05) is 24.8 Å². The molecule has 2 nitrogen and oxygen atoms in total. The van der Waals surface area contributed by atoms with Gasteiger partial charge in [-0.15, -0.1) is 0 Å². The van der Waals surface area contributed by atoms with Gasteiger partial charge in [0.05, 0.1) is 0 Å². The highest BCUT2D eigenvalue weighted by atomic mass is 19.1. The Morgan fingerprint density at radius 2 is 1.68 bits per heavy atom. The molecule has 142 valence electrons. The maximum absolute atomic E-state index is 13.8. The lowest BCUT2D eigenvalue weighted by Crippen LogP contribution is -2.47. The highest BCUT2D eigenvalue weighted by Crippen LogP contribution is 2.32. The molecule has 0 spiro atoms. The SMILES string of the molecule is CCCCC(CCCC)N(C(=O)C(C)(C)CC)c1ccc(F)c(C)c1. The van der Waals surface area contributed by atoms with Crippen LogP contribution in [0.2, 0.25) is 0 Å². The minimum Gasteiger partial charge on any atom is -0.309 e. The van der Waals surface area contributed by atoms with Gasteiger partial charge < -0.3 is 4.90 Å². The quantitative estimate of drug-likeness (QED) is 0.463. The molecule has 3 heteroatoms. The van der Waals surface area contributed by atoms with Crippen LogP contribution in [-0.4, -0.2) is 11.9 Å². The molecular formula is C22H36FNO. The summed E-state index contributed by atoms with van der Waals surface area (Å²) in [5, 5.41) is 0. The van der Waals surface area contributed by atoms with Gasteiger partial charge >= 0.3 is 0 Å². The highest BCUT2D eigenvalue weighted by molar-refractivity contribution is 5.97. The molecule has 0 aromatic heterocycles. The van der Waals surface area contributed by atoms with E-state index in [2.05, 4.69) is 20.8 Å². The van der Waals surface area contributed by atoms with Crippen LogP contribution in [-0.2, 0) is 4.79 Å². The predicted molar refractivity (Wildman–Crippen MR) is 106 cm³/mol. The summed E-state index contributed by atoms with van der Waals surface area (Å²) in [4.78, 5) is 15.4. The number of rotatable bonds is 10. The van der Waals surface area contributed by atoms with Crippen molar-refractivity contribution in [3.05, 3.63) is 29.6 Å². The number of anilines is 1. The van der Waals surface area contributed by atoms with Crippen molar-refractivity contribution in [1.82, 2.24) is 0 Å². The molecule has 0 bridgehead atoms. The first kappa shape index (κ1) is 21.7. The summed E-state index contributed by atoms with van der Waals surface area (Å²) in [6.07, 6.45) is 7.22. The summed E-state index contributed by atoms with van der Waals surface area (Å²) in [6.45, 7) is 12.2. The van der Waals surface area contributed by atoms with E-state index in [1.54, 1.807) is 13.0 Å². The normalized spacial score (nSPS) is 11.8. The van der Waals surface area contributed by atoms with Gasteiger partial charge in [-0.2, -0.15) is 0 Å². The van der Waals surface area contributed by atoms with Gasteiger partial charge in [-0.3, -0.25) is 4.79 Å². The monoisotopic (exact) mass is 349 g/mol. The minimum absolute atomic E-state index is 0.151. The first-order chi connectivity index (χ1) is 11.8. The van der Waals surface area contributed by atoms with Crippen LogP contribution in [0.25, 0.3) is 0 Å². The van der Waals surface area contributed by atoms with Crippen LogP contribution in [0.3, 0.4) is 0 Å². The van der Waals surface area contributed by atoms with Crippen LogP contribution in [0.1, 0.15) is 85.1 Å². The van der Waals surface area contributed by atoms with E-state index in [1.165, 1.54) is 6.07 Å². The van der Waals surface area contributed by atoms with Gasteiger partial charge in [0.15, 0.2) is 0 Å². The molecule has 0 N–H and O–H groups in total. The molecule has 0 saturated heterocycles. The predicted octanol–water partition coefficient (Wildman–Crippen LogP) is 6.65. The molecule has 0 radical (unpaired) electrons. The van der Waals surface area contributed by atoms with Crippen molar-refractivity contribution in [2.75, 3.05) is 4.90 Å². The zero-order chi connectivity index (χ0) is 19.0. The number of benzene rings is 1. The number of halogens is 1. The number of hydrogen-bond acceptors (Lipinski definition) is 1. The number of unbranched alkanes of at least 4 members (excludes halogenated alkanes) is 2. The standard InChI is InChI=1S/C22H36FNO/c1-7-10-12-18(13-11-8-2)24(21(25)22(5,6)9-3)19-14-15-20(23)17(4)16-19/h14-16,18H,7-13H2,1-6H3. The van der Waals surface area contributed by atoms with Crippen molar-refractivity contribution in [3.8, 4) is 0 Å². The van der Waals surface area contributed by atoms with Crippen LogP contribution in [0.15, 0.2) is 18.2 Å². The summed E-state index contributed by atoms with van der Waals surface area (Å²) in [6, 6.07) is 5.25. The van der Waals surface area contributed by atoms with Gasteiger partial charge in [-0.25, -0.2) is 4.39 Å². The number of hydrogen-bond donors (Lipinski definition) is 0. The van der Waals surface area contributed by atoms with E-state index in [9.17, 15) is 9.18 Å². The summed E-state index contributed by atoms with van der Waals surface area (Å²) in [7, 11) is 0. The molecule has 0 atom stereocenters. The molecular weight excluding hydrogens is 313 g/mol. The second kappa shape index (κ2) is 9.94. The van der Waals surface area contributed by atoms with Crippen LogP contribution in [0, 0.1) is 18.2 Å². The Labute approximate surface area is 153 Å². The number of amides is 1. The molecule has 1 rings (SSSR count). The Bertz CT molecular complexity index is 545. The Hall–Kier alpha value is -1.38. The second-order valence-corrected chi connectivity index (χ2v) is 7.78. The fourth-order valence-electron chi connectivity index (χ4n) is 3.03. The average Bonchev–Trinajstić information content (AvgIpc) is 2.59. The lowest BCUT2D eigenvalue weighted by Gasteiger charge is -2.38. The van der Waals surface area contributed by atoms with E-state index < -0.39 is 5.41 Å². The van der Waals surface area contributed by atoms with Crippen molar-refractivity contribution in [2.24, 2.45) is 5.41 Å². The fraction of sp³-hybridized carbons (Fsp3) is 0.682. The smallest absolute Gasteiger partial charge is 0.232 e. The third-order valence-electron chi connectivity index (χ3n) is 5.25. The van der Waals surface area contributed by atoms with Gasteiger partial charge in [-0.1, -0.05) is 60.3 Å². The first-order valence-electron chi connectivity index (χ1n) is 9.88. The van der Waals surface area contributed by atoms with E-state index in [0.29, 0.717) is 5.56 Å². The van der Waals surface area contributed by atoms with Gasteiger partial charge in [0.25, 0.3) is 0 Å². The van der Waals surface area contributed by atoms with Crippen LogP contribution in [0.5, 0.6) is 0 Å². The summed E-state index contributed by atoms with van der Waals surface area (Å²) in [5.74, 6) is -0.0669. The van der Waals surface area contributed by atoms with Gasteiger partial charge in [0.2, 0.25) is 5.91 Å². The topological polar surface area (TPSA) is 20.3 Å².